The van der Waals surface area contributed by atoms with Crippen LogP contribution in [0.15, 0.2) is 48.5 Å². The lowest BCUT2D eigenvalue weighted by Gasteiger charge is -2.14. The molecule has 0 heterocycles. The molecule has 6 heteroatoms. The second-order valence-electron chi connectivity index (χ2n) is 5.64. The van der Waals surface area contributed by atoms with Gasteiger partial charge in [-0.3, -0.25) is 4.79 Å². The molecule has 0 fully saturated rings. The molecule has 2 aromatic rings. The summed E-state index contributed by atoms with van der Waals surface area (Å²) < 4.78 is 15.4. The number of ether oxygens (including phenoxy) is 3. The van der Waals surface area contributed by atoms with E-state index in [-0.39, 0.29) is 12.4 Å². The Kier molecular flexibility index (Phi) is 6.49. The van der Waals surface area contributed by atoms with Crippen LogP contribution in [0.1, 0.15) is 40.1 Å². The van der Waals surface area contributed by atoms with Crippen molar-refractivity contribution in [3.63, 3.8) is 0 Å². The van der Waals surface area contributed by atoms with Gasteiger partial charge in [-0.2, -0.15) is 0 Å². The number of hydrogen-bond acceptors (Lipinski definition) is 6. The van der Waals surface area contributed by atoms with Crippen molar-refractivity contribution in [2.75, 3.05) is 7.11 Å². The Morgan fingerprint density at radius 2 is 1.50 bits per heavy atom. The maximum atomic E-state index is 12.0. The molecule has 2 aromatic carbocycles. The summed E-state index contributed by atoms with van der Waals surface area (Å²) in [6.45, 7) is 3.13. The van der Waals surface area contributed by atoms with Crippen molar-refractivity contribution in [1.29, 1.82) is 0 Å². The quantitative estimate of drug-likeness (QED) is 0.560. The summed E-state index contributed by atoms with van der Waals surface area (Å²) >= 11 is 0. The van der Waals surface area contributed by atoms with Crippen LogP contribution in [0, 0.1) is 0 Å². The Hall–Kier alpha value is -3.15. The van der Waals surface area contributed by atoms with Crippen LogP contribution in [0.4, 0.5) is 0 Å². The van der Waals surface area contributed by atoms with Crippen molar-refractivity contribution >= 4 is 17.7 Å². The summed E-state index contributed by atoms with van der Waals surface area (Å²) in [7, 11) is 1.31. The normalized spacial score (nSPS) is 11.3. The van der Waals surface area contributed by atoms with E-state index in [1.807, 2.05) is 0 Å². The van der Waals surface area contributed by atoms with Crippen molar-refractivity contribution in [1.82, 2.24) is 0 Å². The number of esters is 2. The molecule has 26 heavy (non-hydrogen) atoms. The fraction of sp³-hybridized carbons (Fsp3) is 0.250. The molecule has 0 bridgehead atoms. The highest BCUT2D eigenvalue weighted by Crippen LogP contribution is 2.15. The highest BCUT2D eigenvalue weighted by atomic mass is 16.6. The van der Waals surface area contributed by atoms with Crippen LogP contribution in [0.25, 0.3) is 0 Å². The van der Waals surface area contributed by atoms with E-state index in [1.54, 1.807) is 55.5 Å². The molecule has 0 saturated heterocycles. The molecule has 1 atom stereocenters. The van der Waals surface area contributed by atoms with E-state index in [0.29, 0.717) is 16.9 Å². The SMILES string of the molecule is COC(=O)c1ccc(COC(=O)[C@@H](C)Oc2ccc(C(C)=O)cc2)cc1. The van der Waals surface area contributed by atoms with Gasteiger partial charge in [0.2, 0.25) is 0 Å². The van der Waals surface area contributed by atoms with Gasteiger partial charge in [0.15, 0.2) is 11.9 Å². The Balaban J connectivity index is 1.86. The molecule has 0 aliphatic carbocycles. The summed E-state index contributed by atoms with van der Waals surface area (Å²) in [6.07, 6.45) is -0.799. The van der Waals surface area contributed by atoms with Crippen molar-refractivity contribution < 1.29 is 28.6 Å². The highest BCUT2D eigenvalue weighted by molar-refractivity contribution is 5.94. The van der Waals surface area contributed by atoms with Crippen molar-refractivity contribution in [2.45, 2.75) is 26.6 Å². The predicted octanol–water partition coefficient (Wildman–Crippen LogP) is 3.19. The minimum absolute atomic E-state index is 0.0396. The fourth-order valence-corrected chi connectivity index (χ4v) is 2.15. The third-order valence-electron chi connectivity index (χ3n) is 3.66. The van der Waals surface area contributed by atoms with Gasteiger partial charge in [0.1, 0.15) is 12.4 Å². The predicted molar refractivity (Wildman–Crippen MR) is 94.1 cm³/mol. The Morgan fingerprint density at radius 3 is 2.04 bits per heavy atom. The number of hydrogen-bond donors (Lipinski definition) is 0. The molecule has 0 aliphatic rings. The molecule has 0 aromatic heterocycles. The molecule has 0 N–H and O–H groups in total. The van der Waals surface area contributed by atoms with E-state index in [2.05, 4.69) is 4.74 Å². The van der Waals surface area contributed by atoms with E-state index < -0.39 is 18.0 Å². The number of benzene rings is 2. The first-order valence-corrected chi connectivity index (χ1v) is 8.02. The molecule has 0 radical (unpaired) electrons. The second kappa shape index (κ2) is 8.80. The number of methoxy groups -OCH3 is 1. The summed E-state index contributed by atoms with van der Waals surface area (Å²) in [5.74, 6) is -0.506. The van der Waals surface area contributed by atoms with Crippen molar-refractivity contribution in [2.24, 2.45) is 0 Å². The van der Waals surface area contributed by atoms with Crippen molar-refractivity contribution in [3.05, 3.63) is 65.2 Å². The zero-order valence-corrected chi connectivity index (χ0v) is 14.9. The van der Waals surface area contributed by atoms with Gasteiger partial charge in [0, 0.05) is 5.56 Å². The molecular weight excluding hydrogens is 336 g/mol. The third-order valence-corrected chi connectivity index (χ3v) is 3.66. The summed E-state index contributed by atoms with van der Waals surface area (Å²) in [5.41, 5.74) is 1.74. The number of carbonyl (C=O) groups is 3. The number of Topliss-reactive ketones (excluding diaryl/α,β-unsaturated/α-hetero) is 1. The van der Waals surface area contributed by atoms with Crippen LogP contribution in [0.5, 0.6) is 5.75 Å². The molecule has 0 saturated carbocycles. The monoisotopic (exact) mass is 356 g/mol. The van der Waals surface area contributed by atoms with Gasteiger partial charge in [-0.05, 0) is 55.8 Å². The van der Waals surface area contributed by atoms with E-state index in [9.17, 15) is 14.4 Å². The lowest BCUT2D eigenvalue weighted by Crippen LogP contribution is -2.26. The van der Waals surface area contributed by atoms with Crippen LogP contribution in [0.3, 0.4) is 0 Å². The van der Waals surface area contributed by atoms with Crippen LogP contribution in [-0.2, 0) is 20.9 Å². The lowest BCUT2D eigenvalue weighted by atomic mass is 10.1. The maximum absolute atomic E-state index is 12.0. The maximum Gasteiger partial charge on any atom is 0.347 e. The van der Waals surface area contributed by atoms with E-state index in [1.165, 1.54) is 14.0 Å². The Morgan fingerprint density at radius 1 is 0.923 bits per heavy atom. The molecule has 0 unspecified atom stereocenters. The number of carbonyl (C=O) groups excluding carboxylic acids is 3. The average molecular weight is 356 g/mol. The van der Waals surface area contributed by atoms with Gasteiger partial charge >= 0.3 is 11.9 Å². The number of rotatable bonds is 7. The van der Waals surface area contributed by atoms with E-state index in [4.69, 9.17) is 9.47 Å². The fourth-order valence-electron chi connectivity index (χ4n) is 2.15. The topological polar surface area (TPSA) is 78.9 Å². The van der Waals surface area contributed by atoms with E-state index >= 15 is 0 Å². The van der Waals surface area contributed by atoms with Crippen LogP contribution in [-0.4, -0.2) is 30.9 Å². The molecule has 0 amide bonds. The molecule has 2 rings (SSSR count). The Labute approximate surface area is 151 Å². The van der Waals surface area contributed by atoms with Crippen molar-refractivity contribution in [3.8, 4) is 5.75 Å². The molecule has 6 nitrogen and oxygen atoms in total. The summed E-state index contributed by atoms with van der Waals surface area (Å²) in [5, 5.41) is 0. The highest BCUT2D eigenvalue weighted by Gasteiger charge is 2.17. The third kappa shape index (κ3) is 5.17. The largest absolute Gasteiger partial charge is 0.479 e. The van der Waals surface area contributed by atoms with Gasteiger partial charge < -0.3 is 14.2 Å². The van der Waals surface area contributed by atoms with Gasteiger partial charge in [-0.25, -0.2) is 9.59 Å². The first kappa shape index (κ1) is 19.2. The van der Waals surface area contributed by atoms with Gasteiger partial charge in [-0.1, -0.05) is 12.1 Å². The van der Waals surface area contributed by atoms with Gasteiger partial charge in [0.25, 0.3) is 0 Å². The Bertz CT molecular complexity index is 777. The molecular formula is C20H20O6. The van der Waals surface area contributed by atoms with Crippen LogP contribution < -0.4 is 4.74 Å². The van der Waals surface area contributed by atoms with Gasteiger partial charge in [-0.15, -0.1) is 0 Å². The first-order chi connectivity index (χ1) is 12.4. The summed E-state index contributed by atoms with van der Waals surface area (Å²) in [4.78, 5) is 34.7. The second-order valence-corrected chi connectivity index (χ2v) is 5.64. The van der Waals surface area contributed by atoms with Crippen LogP contribution in [0.2, 0.25) is 0 Å². The first-order valence-electron chi connectivity index (χ1n) is 8.02. The summed E-state index contributed by atoms with van der Waals surface area (Å²) in [6, 6.07) is 13.1. The zero-order chi connectivity index (χ0) is 19.1. The minimum atomic E-state index is -0.799. The standard InChI is InChI=1S/C20H20O6/c1-13(21)16-8-10-18(11-9-16)26-14(2)19(22)25-12-15-4-6-17(7-5-15)20(23)24-3/h4-11,14H,12H2,1-3H3/t14-/m1/s1. The molecule has 136 valence electrons. The van der Waals surface area contributed by atoms with Gasteiger partial charge in [0.05, 0.1) is 12.7 Å². The molecule has 0 spiro atoms. The minimum Gasteiger partial charge on any atom is -0.479 e. The van der Waals surface area contributed by atoms with Crippen LogP contribution >= 0.6 is 0 Å². The lowest BCUT2D eigenvalue weighted by molar-refractivity contribution is -0.152. The number of ketones is 1. The average Bonchev–Trinajstić information content (AvgIpc) is 2.66. The smallest absolute Gasteiger partial charge is 0.347 e. The molecule has 0 aliphatic heterocycles. The van der Waals surface area contributed by atoms with E-state index in [0.717, 1.165) is 5.56 Å². The zero-order valence-electron chi connectivity index (χ0n) is 14.9.